The zero-order chi connectivity index (χ0) is 15.8. The van der Waals surface area contributed by atoms with Gasteiger partial charge in [0.15, 0.2) is 0 Å². The number of H-pyrrole nitrogens is 1. The van der Waals surface area contributed by atoms with E-state index in [4.69, 9.17) is 10.5 Å². The van der Waals surface area contributed by atoms with Gasteiger partial charge in [0.25, 0.3) is 5.56 Å². The van der Waals surface area contributed by atoms with Crippen LogP contribution in [0.3, 0.4) is 0 Å². The number of nitrogen functional groups attached to an aromatic ring is 1. The lowest BCUT2D eigenvalue weighted by molar-refractivity contribution is 0.141. The number of anilines is 1. The summed E-state index contributed by atoms with van der Waals surface area (Å²) < 4.78 is 5.06. The molecule has 1 aromatic carbocycles. The van der Waals surface area contributed by atoms with E-state index in [2.05, 4.69) is 10.3 Å². The van der Waals surface area contributed by atoms with Crippen LogP contribution in [0.1, 0.15) is 11.1 Å². The second-order valence-electron chi connectivity index (χ2n) is 4.56. The van der Waals surface area contributed by atoms with Crippen LogP contribution in [0.25, 0.3) is 6.08 Å². The minimum absolute atomic E-state index is 0.150. The predicted octanol–water partition coefficient (Wildman–Crippen LogP) is 1.90. The number of nitrogens with two attached hydrogens (primary N) is 1. The van der Waals surface area contributed by atoms with Crippen molar-refractivity contribution in [2.45, 2.75) is 6.61 Å². The normalized spacial score (nSPS) is 10.5. The second-order valence-corrected chi connectivity index (χ2v) is 4.56. The van der Waals surface area contributed by atoms with Crippen molar-refractivity contribution >= 4 is 17.9 Å². The molecule has 6 nitrogen and oxygen atoms in total. The number of pyridine rings is 1. The number of rotatable bonds is 5. The number of aromatic amines is 1. The van der Waals surface area contributed by atoms with E-state index in [1.807, 2.05) is 30.3 Å². The van der Waals surface area contributed by atoms with E-state index in [1.165, 1.54) is 0 Å². The molecule has 4 N–H and O–H groups in total. The van der Waals surface area contributed by atoms with Gasteiger partial charge in [-0.3, -0.25) is 4.79 Å². The van der Waals surface area contributed by atoms with Gasteiger partial charge >= 0.3 is 6.09 Å². The third kappa shape index (κ3) is 4.82. The molecule has 0 spiro atoms. The van der Waals surface area contributed by atoms with E-state index < -0.39 is 6.09 Å². The van der Waals surface area contributed by atoms with Crippen LogP contribution in [0.2, 0.25) is 0 Å². The fourth-order valence-electron chi connectivity index (χ4n) is 1.73. The average molecular weight is 299 g/mol. The molecule has 0 saturated heterocycles. The molecule has 0 bridgehead atoms. The van der Waals surface area contributed by atoms with Gasteiger partial charge in [0.2, 0.25) is 0 Å². The molecule has 6 heteroatoms. The van der Waals surface area contributed by atoms with Crippen molar-refractivity contribution in [2.75, 3.05) is 12.3 Å². The van der Waals surface area contributed by atoms with Gasteiger partial charge in [-0.2, -0.15) is 0 Å². The molecule has 0 fully saturated rings. The molecule has 22 heavy (non-hydrogen) atoms. The standard InChI is InChI=1S/C16H17N3O3/c17-14-9-13(10-19-15(14)20)7-4-8-18-16(21)22-11-12-5-2-1-3-6-12/h1-7,9-10H,8,11,17H2,(H,18,21)(H,19,20). The summed E-state index contributed by atoms with van der Waals surface area (Å²) in [6, 6.07) is 11.0. The first kappa shape index (κ1) is 15.4. The number of amides is 1. The van der Waals surface area contributed by atoms with Crippen LogP contribution in [0, 0.1) is 0 Å². The molecule has 0 radical (unpaired) electrons. The summed E-state index contributed by atoms with van der Waals surface area (Å²) in [6.45, 7) is 0.541. The molecule has 2 aromatic rings. The van der Waals surface area contributed by atoms with Crippen molar-refractivity contribution in [3.05, 3.63) is 70.2 Å². The third-order valence-corrected chi connectivity index (χ3v) is 2.84. The first-order chi connectivity index (χ1) is 10.6. The Hall–Kier alpha value is -3.02. The van der Waals surface area contributed by atoms with Gasteiger partial charge in [0.05, 0.1) is 5.69 Å². The lowest BCUT2D eigenvalue weighted by Gasteiger charge is -2.05. The molecule has 1 aromatic heterocycles. The SMILES string of the molecule is Nc1cc(C=CCNC(=O)OCc2ccccc2)c[nH]c1=O. The molecular formula is C16H17N3O3. The Morgan fingerprint density at radius 3 is 2.82 bits per heavy atom. The number of benzene rings is 1. The maximum atomic E-state index is 11.5. The molecule has 0 aliphatic carbocycles. The number of nitrogens with one attached hydrogen (secondary N) is 2. The predicted molar refractivity (Wildman–Crippen MR) is 85.1 cm³/mol. The zero-order valence-electron chi connectivity index (χ0n) is 11.9. The van der Waals surface area contributed by atoms with Crippen molar-refractivity contribution in [2.24, 2.45) is 0 Å². The van der Waals surface area contributed by atoms with Crippen LogP contribution in [0.5, 0.6) is 0 Å². The summed E-state index contributed by atoms with van der Waals surface area (Å²) in [6.07, 6.45) is 4.53. The highest BCUT2D eigenvalue weighted by Gasteiger charge is 2.00. The molecule has 0 atom stereocenters. The van der Waals surface area contributed by atoms with Crippen molar-refractivity contribution in [1.29, 1.82) is 0 Å². The summed E-state index contributed by atoms with van der Waals surface area (Å²) in [7, 11) is 0. The van der Waals surface area contributed by atoms with Gasteiger partial charge in [-0.15, -0.1) is 0 Å². The third-order valence-electron chi connectivity index (χ3n) is 2.84. The fraction of sp³-hybridized carbons (Fsp3) is 0.125. The van der Waals surface area contributed by atoms with Crippen molar-refractivity contribution in [1.82, 2.24) is 10.3 Å². The van der Waals surface area contributed by atoms with Gasteiger partial charge < -0.3 is 20.8 Å². The van der Waals surface area contributed by atoms with Crippen molar-refractivity contribution in [3.8, 4) is 0 Å². The smallest absolute Gasteiger partial charge is 0.407 e. The summed E-state index contributed by atoms with van der Waals surface area (Å²) in [5.41, 5.74) is 7.01. The van der Waals surface area contributed by atoms with Crippen LogP contribution < -0.4 is 16.6 Å². The van der Waals surface area contributed by atoms with E-state index >= 15 is 0 Å². The largest absolute Gasteiger partial charge is 0.445 e. The van der Waals surface area contributed by atoms with Gasteiger partial charge in [-0.25, -0.2) is 4.79 Å². The summed E-state index contributed by atoms with van der Waals surface area (Å²) in [4.78, 5) is 25.1. The molecule has 0 aliphatic rings. The Bertz CT molecular complexity index is 708. The molecule has 114 valence electrons. The number of ether oxygens (including phenoxy) is 1. The topological polar surface area (TPSA) is 97.2 Å². The van der Waals surface area contributed by atoms with Crippen LogP contribution >= 0.6 is 0 Å². The lowest BCUT2D eigenvalue weighted by atomic mass is 10.2. The van der Waals surface area contributed by atoms with Crippen LogP contribution in [-0.2, 0) is 11.3 Å². The molecule has 0 unspecified atom stereocenters. The minimum Gasteiger partial charge on any atom is -0.445 e. The summed E-state index contributed by atoms with van der Waals surface area (Å²) in [5.74, 6) is 0. The number of hydrogen-bond acceptors (Lipinski definition) is 4. The Morgan fingerprint density at radius 2 is 2.09 bits per heavy atom. The van der Waals surface area contributed by atoms with Gasteiger partial charge in [0.1, 0.15) is 6.61 Å². The second kappa shape index (κ2) is 7.68. The molecule has 1 heterocycles. The Morgan fingerprint density at radius 1 is 1.32 bits per heavy atom. The zero-order valence-corrected chi connectivity index (χ0v) is 11.9. The van der Waals surface area contributed by atoms with E-state index in [-0.39, 0.29) is 17.9 Å². The first-order valence-corrected chi connectivity index (χ1v) is 6.74. The van der Waals surface area contributed by atoms with E-state index in [0.717, 1.165) is 11.1 Å². The number of carbonyl (C=O) groups is 1. The molecular weight excluding hydrogens is 282 g/mol. The Kier molecular flexibility index (Phi) is 5.37. The quantitative estimate of drug-likeness (QED) is 0.785. The highest BCUT2D eigenvalue weighted by Crippen LogP contribution is 2.02. The van der Waals surface area contributed by atoms with Crippen molar-refractivity contribution < 1.29 is 9.53 Å². The number of carbonyl (C=O) groups excluding carboxylic acids is 1. The fourth-order valence-corrected chi connectivity index (χ4v) is 1.73. The first-order valence-electron chi connectivity index (χ1n) is 6.74. The summed E-state index contributed by atoms with van der Waals surface area (Å²) in [5, 5.41) is 2.60. The maximum absolute atomic E-state index is 11.5. The van der Waals surface area contributed by atoms with Gasteiger partial charge in [-0.1, -0.05) is 42.5 Å². The molecule has 0 aliphatic heterocycles. The molecule has 2 rings (SSSR count). The molecule has 1 amide bonds. The van der Waals surface area contributed by atoms with Gasteiger partial charge in [-0.05, 0) is 17.2 Å². The Balaban J connectivity index is 1.73. The van der Waals surface area contributed by atoms with Crippen molar-refractivity contribution in [3.63, 3.8) is 0 Å². The van der Waals surface area contributed by atoms with Crippen LogP contribution in [0.15, 0.2) is 53.5 Å². The number of hydrogen-bond donors (Lipinski definition) is 3. The minimum atomic E-state index is -0.491. The lowest BCUT2D eigenvalue weighted by Crippen LogP contribution is -2.24. The maximum Gasteiger partial charge on any atom is 0.407 e. The molecule has 0 saturated carbocycles. The summed E-state index contributed by atoms with van der Waals surface area (Å²) >= 11 is 0. The number of alkyl carbamates (subject to hydrolysis) is 1. The van der Waals surface area contributed by atoms with E-state index in [1.54, 1.807) is 24.4 Å². The Labute approximate surface area is 127 Å². The van der Waals surface area contributed by atoms with Crippen LogP contribution in [-0.4, -0.2) is 17.6 Å². The van der Waals surface area contributed by atoms with Gasteiger partial charge in [0, 0.05) is 12.7 Å². The van der Waals surface area contributed by atoms with Crippen LogP contribution in [0.4, 0.5) is 10.5 Å². The highest BCUT2D eigenvalue weighted by atomic mass is 16.5. The monoisotopic (exact) mass is 299 g/mol. The highest BCUT2D eigenvalue weighted by molar-refractivity contribution is 5.67. The number of aromatic nitrogens is 1. The average Bonchev–Trinajstić information content (AvgIpc) is 2.54. The van der Waals surface area contributed by atoms with E-state index in [9.17, 15) is 9.59 Å². The van der Waals surface area contributed by atoms with E-state index in [0.29, 0.717) is 6.54 Å².